The molecule has 0 radical (unpaired) electrons. The van der Waals surface area contributed by atoms with Gasteiger partial charge in [0, 0.05) is 23.8 Å². The lowest BCUT2D eigenvalue weighted by Crippen LogP contribution is -2.16. The highest BCUT2D eigenvalue weighted by molar-refractivity contribution is 9.10. The molecule has 2 rings (SSSR count). The molecule has 0 aliphatic rings. The minimum Gasteiger partial charge on any atom is -0.497 e. The van der Waals surface area contributed by atoms with Crippen LogP contribution in [0.25, 0.3) is 0 Å². The van der Waals surface area contributed by atoms with E-state index in [1.54, 1.807) is 7.11 Å². The molecule has 0 aliphatic heterocycles. The van der Waals surface area contributed by atoms with E-state index >= 15 is 0 Å². The summed E-state index contributed by atoms with van der Waals surface area (Å²) in [6.45, 7) is 0.805. The van der Waals surface area contributed by atoms with Crippen LogP contribution in [0.4, 0.5) is 11.4 Å². The largest absolute Gasteiger partial charge is 0.497 e. The van der Waals surface area contributed by atoms with Gasteiger partial charge >= 0.3 is 0 Å². The molecule has 0 heterocycles. The van der Waals surface area contributed by atoms with Crippen molar-refractivity contribution in [3.05, 3.63) is 52.5 Å². The minimum atomic E-state index is 0.755. The Morgan fingerprint density at radius 1 is 1.21 bits per heavy atom. The first-order valence-electron chi connectivity index (χ1n) is 5.99. The predicted octanol–water partition coefficient (Wildman–Crippen LogP) is 3.68. The normalized spacial score (nSPS) is 10.3. The van der Waals surface area contributed by atoms with Crippen molar-refractivity contribution in [3.63, 3.8) is 0 Å². The Kier molecular flexibility index (Phi) is 4.32. The Bertz CT molecular complexity index is 572. The number of hydrogen-bond acceptors (Lipinski definition) is 3. The van der Waals surface area contributed by atoms with Crippen LogP contribution in [0.5, 0.6) is 5.75 Å². The van der Waals surface area contributed by atoms with E-state index in [0.29, 0.717) is 0 Å². The number of anilines is 2. The molecule has 100 valence electrons. The Labute approximate surface area is 122 Å². The van der Waals surface area contributed by atoms with Gasteiger partial charge in [-0.1, -0.05) is 12.1 Å². The van der Waals surface area contributed by atoms with Crippen molar-refractivity contribution >= 4 is 27.3 Å². The maximum Gasteiger partial charge on any atom is 0.119 e. The van der Waals surface area contributed by atoms with E-state index in [1.165, 1.54) is 5.56 Å². The molecule has 0 spiro atoms. The fourth-order valence-electron chi connectivity index (χ4n) is 1.96. The standard InChI is InChI=1S/C15H17BrN2O/c1-18(15-7-6-12(17)9-14(15)16)10-11-4-3-5-13(8-11)19-2/h3-9H,10,17H2,1-2H3. The van der Waals surface area contributed by atoms with Gasteiger partial charge in [0.1, 0.15) is 5.75 Å². The summed E-state index contributed by atoms with van der Waals surface area (Å²) >= 11 is 3.54. The summed E-state index contributed by atoms with van der Waals surface area (Å²) in [5.74, 6) is 0.877. The molecular formula is C15H17BrN2O. The van der Waals surface area contributed by atoms with Crippen LogP contribution in [-0.4, -0.2) is 14.2 Å². The number of methoxy groups -OCH3 is 1. The number of rotatable bonds is 4. The lowest BCUT2D eigenvalue weighted by Gasteiger charge is -2.21. The number of nitrogens with two attached hydrogens (primary N) is 1. The number of nitrogens with zero attached hydrogens (tertiary/aromatic N) is 1. The third-order valence-corrected chi connectivity index (χ3v) is 3.57. The number of benzene rings is 2. The lowest BCUT2D eigenvalue weighted by molar-refractivity contribution is 0.414. The predicted molar refractivity (Wildman–Crippen MR) is 83.7 cm³/mol. The average Bonchev–Trinajstić information content (AvgIpc) is 2.38. The van der Waals surface area contributed by atoms with Gasteiger partial charge in [-0.15, -0.1) is 0 Å². The van der Waals surface area contributed by atoms with Crippen LogP contribution < -0.4 is 15.4 Å². The molecule has 0 unspecified atom stereocenters. The van der Waals surface area contributed by atoms with Crippen molar-refractivity contribution in [1.29, 1.82) is 0 Å². The third-order valence-electron chi connectivity index (χ3n) is 2.94. The third kappa shape index (κ3) is 3.41. The summed E-state index contributed by atoms with van der Waals surface area (Å²) in [4.78, 5) is 2.16. The van der Waals surface area contributed by atoms with Crippen molar-refractivity contribution < 1.29 is 4.74 Å². The smallest absolute Gasteiger partial charge is 0.119 e. The van der Waals surface area contributed by atoms with Gasteiger partial charge in [-0.3, -0.25) is 0 Å². The zero-order valence-corrected chi connectivity index (χ0v) is 12.6. The van der Waals surface area contributed by atoms with Gasteiger partial charge in [0.15, 0.2) is 0 Å². The van der Waals surface area contributed by atoms with Gasteiger partial charge in [-0.2, -0.15) is 0 Å². The van der Waals surface area contributed by atoms with Crippen LogP contribution in [0.1, 0.15) is 5.56 Å². The molecule has 0 aromatic heterocycles. The van der Waals surface area contributed by atoms with E-state index in [9.17, 15) is 0 Å². The quantitative estimate of drug-likeness (QED) is 0.873. The Morgan fingerprint density at radius 2 is 2.00 bits per heavy atom. The van der Waals surface area contributed by atoms with Crippen LogP contribution in [0.3, 0.4) is 0 Å². The highest BCUT2D eigenvalue weighted by Crippen LogP contribution is 2.28. The zero-order chi connectivity index (χ0) is 13.8. The van der Waals surface area contributed by atoms with E-state index < -0.39 is 0 Å². The first-order chi connectivity index (χ1) is 9.10. The van der Waals surface area contributed by atoms with Crippen molar-refractivity contribution in [2.24, 2.45) is 0 Å². The maximum absolute atomic E-state index is 5.75. The highest BCUT2D eigenvalue weighted by atomic mass is 79.9. The van der Waals surface area contributed by atoms with Gasteiger partial charge in [0.25, 0.3) is 0 Å². The van der Waals surface area contributed by atoms with Crippen LogP contribution in [0, 0.1) is 0 Å². The van der Waals surface area contributed by atoms with Crippen LogP contribution in [0.15, 0.2) is 46.9 Å². The molecule has 2 N–H and O–H groups in total. The van der Waals surface area contributed by atoms with Crippen molar-refractivity contribution in [3.8, 4) is 5.75 Å². The number of nitrogen functional groups attached to an aromatic ring is 1. The second kappa shape index (κ2) is 5.97. The molecular weight excluding hydrogens is 304 g/mol. The zero-order valence-electron chi connectivity index (χ0n) is 11.1. The molecule has 0 amide bonds. The number of hydrogen-bond donors (Lipinski definition) is 1. The maximum atomic E-state index is 5.75. The van der Waals surface area contributed by atoms with Crippen LogP contribution >= 0.6 is 15.9 Å². The number of ether oxygens (including phenoxy) is 1. The summed E-state index contributed by atoms with van der Waals surface area (Å²) in [5.41, 5.74) is 8.82. The van der Waals surface area contributed by atoms with Gasteiger partial charge in [-0.25, -0.2) is 0 Å². The second-order valence-electron chi connectivity index (χ2n) is 4.42. The Balaban J connectivity index is 2.17. The molecule has 2 aromatic carbocycles. The minimum absolute atomic E-state index is 0.755. The first-order valence-corrected chi connectivity index (χ1v) is 6.78. The van der Waals surface area contributed by atoms with Crippen molar-refractivity contribution in [1.82, 2.24) is 0 Å². The number of halogens is 1. The fraction of sp³-hybridized carbons (Fsp3) is 0.200. The monoisotopic (exact) mass is 320 g/mol. The summed E-state index contributed by atoms with van der Waals surface area (Å²) in [7, 11) is 3.73. The van der Waals surface area contributed by atoms with E-state index in [4.69, 9.17) is 10.5 Å². The van der Waals surface area contributed by atoms with E-state index in [-0.39, 0.29) is 0 Å². The fourth-order valence-corrected chi connectivity index (χ4v) is 2.66. The SMILES string of the molecule is COc1cccc(CN(C)c2ccc(N)cc2Br)c1. The topological polar surface area (TPSA) is 38.5 Å². The van der Waals surface area contributed by atoms with Crippen molar-refractivity contribution in [2.45, 2.75) is 6.54 Å². The molecule has 0 bridgehead atoms. The van der Waals surface area contributed by atoms with Crippen LogP contribution in [0.2, 0.25) is 0 Å². The molecule has 0 atom stereocenters. The molecule has 0 saturated carbocycles. The summed E-state index contributed by atoms with van der Waals surface area (Å²) in [5, 5.41) is 0. The second-order valence-corrected chi connectivity index (χ2v) is 5.27. The average molecular weight is 321 g/mol. The van der Waals surface area contributed by atoms with Gasteiger partial charge in [-0.05, 0) is 51.8 Å². The lowest BCUT2D eigenvalue weighted by atomic mass is 10.2. The molecule has 0 aliphatic carbocycles. The van der Waals surface area contributed by atoms with Gasteiger partial charge < -0.3 is 15.4 Å². The molecule has 2 aromatic rings. The van der Waals surface area contributed by atoms with Gasteiger partial charge in [0.05, 0.1) is 12.8 Å². The molecule has 0 saturated heterocycles. The van der Waals surface area contributed by atoms with Gasteiger partial charge in [0.2, 0.25) is 0 Å². The molecule has 0 fully saturated rings. The summed E-state index contributed by atoms with van der Waals surface area (Å²) in [6, 6.07) is 13.9. The van der Waals surface area contributed by atoms with E-state index in [0.717, 1.165) is 28.1 Å². The van der Waals surface area contributed by atoms with Crippen LogP contribution in [-0.2, 0) is 6.54 Å². The summed E-state index contributed by atoms with van der Waals surface area (Å²) in [6.07, 6.45) is 0. The summed E-state index contributed by atoms with van der Waals surface area (Å²) < 4.78 is 6.24. The Morgan fingerprint density at radius 3 is 2.68 bits per heavy atom. The molecule has 3 nitrogen and oxygen atoms in total. The van der Waals surface area contributed by atoms with Crippen molar-refractivity contribution in [2.75, 3.05) is 24.8 Å². The van der Waals surface area contributed by atoms with E-state index in [1.807, 2.05) is 36.4 Å². The first kappa shape index (κ1) is 13.7. The Hall–Kier alpha value is -1.68. The molecule has 4 heteroatoms. The van der Waals surface area contributed by atoms with E-state index in [2.05, 4.69) is 33.9 Å². The molecule has 19 heavy (non-hydrogen) atoms. The highest BCUT2D eigenvalue weighted by Gasteiger charge is 2.07.